The van der Waals surface area contributed by atoms with E-state index in [4.69, 9.17) is 5.73 Å². The summed E-state index contributed by atoms with van der Waals surface area (Å²) in [5.74, 6) is 0.450. The van der Waals surface area contributed by atoms with Gasteiger partial charge in [-0.15, -0.1) is 0 Å². The SMILES string of the molecule is CC(C)[C@H](N)CC(C)(C)O. The number of aliphatic hydroxyl groups is 1. The van der Waals surface area contributed by atoms with Crippen LogP contribution in [0, 0.1) is 5.92 Å². The summed E-state index contributed by atoms with van der Waals surface area (Å²) in [5, 5.41) is 9.36. The third kappa shape index (κ3) is 4.77. The van der Waals surface area contributed by atoms with Crippen molar-refractivity contribution in [3.8, 4) is 0 Å². The first-order chi connectivity index (χ1) is 4.33. The molecule has 2 heteroatoms. The molecule has 0 amide bonds. The van der Waals surface area contributed by atoms with Gasteiger partial charge in [0.15, 0.2) is 0 Å². The van der Waals surface area contributed by atoms with Crippen molar-refractivity contribution in [1.82, 2.24) is 0 Å². The molecule has 0 heterocycles. The quantitative estimate of drug-likeness (QED) is 0.625. The molecule has 0 radical (unpaired) electrons. The molecule has 0 aromatic rings. The first kappa shape index (κ1) is 9.92. The maximum Gasteiger partial charge on any atom is 0.0606 e. The molecule has 0 aliphatic heterocycles. The molecular formula is C8H19NO. The zero-order valence-electron chi connectivity index (χ0n) is 7.39. The standard InChI is InChI=1S/C8H19NO/c1-6(2)7(9)5-8(3,4)10/h6-7,10H,5,9H2,1-4H3/t7-/m1/s1. The fraction of sp³-hybridized carbons (Fsp3) is 1.00. The van der Waals surface area contributed by atoms with E-state index in [-0.39, 0.29) is 6.04 Å². The van der Waals surface area contributed by atoms with Crippen LogP contribution >= 0.6 is 0 Å². The van der Waals surface area contributed by atoms with Crippen molar-refractivity contribution in [1.29, 1.82) is 0 Å². The smallest absolute Gasteiger partial charge is 0.0606 e. The molecule has 0 rings (SSSR count). The Morgan fingerprint density at radius 2 is 1.80 bits per heavy atom. The van der Waals surface area contributed by atoms with Crippen LogP contribution in [0.25, 0.3) is 0 Å². The number of hydrogen-bond acceptors (Lipinski definition) is 2. The van der Waals surface area contributed by atoms with Crippen LogP contribution in [0.2, 0.25) is 0 Å². The summed E-state index contributed by atoms with van der Waals surface area (Å²) in [4.78, 5) is 0. The van der Waals surface area contributed by atoms with E-state index in [0.29, 0.717) is 12.3 Å². The highest BCUT2D eigenvalue weighted by atomic mass is 16.3. The fourth-order valence-corrected chi connectivity index (χ4v) is 0.813. The molecule has 3 N–H and O–H groups in total. The van der Waals surface area contributed by atoms with Gasteiger partial charge in [-0.25, -0.2) is 0 Å². The average Bonchev–Trinajstić information content (AvgIpc) is 1.60. The largest absolute Gasteiger partial charge is 0.390 e. The summed E-state index contributed by atoms with van der Waals surface area (Å²) in [5.41, 5.74) is 5.12. The van der Waals surface area contributed by atoms with Gasteiger partial charge in [-0.05, 0) is 26.2 Å². The molecule has 0 aliphatic carbocycles. The lowest BCUT2D eigenvalue weighted by Crippen LogP contribution is -2.35. The lowest BCUT2D eigenvalue weighted by atomic mass is 9.93. The topological polar surface area (TPSA) is 46.2 Å². The van der Waals surface area contributed by atoms with Crippen molar-refractivity contribution in [2.45, 2.75) is 45.8 Å². The summed E-state index contributed by atoms with van der Waals surface area (Å²) >= 11 is 0. The predicted molar refractivity (Wildman–Crippen MR) is 43.7 cm³/mol. The molecule has 2 nitrogen and oxygen atoms in total. The van der Waals surface area contributed by atoms with E-state index in [2.05, 4.69) is 13.8 Å². The van der Waals surface area contributed by atoms with Gasteiger partial charge in [0, 0.05) is 6.04 Å². The van der Waals surface area contributed by atoms with Gasteiger partial charge in [0.25, 0.3) is 0 Å². The third-order valence-corrected chi connectivity index (χ3v) is 1.59. The lowest BCUT2D eigenvalue weighted by molar-refractivity contribution is 0.0585. The molecule has 62 valence electrons. The molecule has 0 aliphatic rings. The van der Waals surface area contributed by atoms with E-state index < -0.39 is 5.60 Å². The van der Waals surface area contributed by atoms with Gasteiger partial charge >= 0.3 is 0 Å². The van der Waals surface area contributed by atoms with Crippen molar-refractivity contribution < 1.29 is 5.11 Å². The number of rotatable bonds is 3. The molecular weight excluding hydrogens is 126 g/mol. The van der Waals surface area contributed by atoms with Crippen LogP contribution < -0.4 is 5.73 Å². The second-order valence-corrected chi connectivity index (χ2v) is 3.92. The van der Waals surface area contributed by atoms with Crippen LogP contribution in [0.4, 0.5) is 0 Å². The molecule has 10 heavy (non-hydrogen) atoms. The van der Waals surface area contributed by atoms with Crippen LogP contribution in [-0.2, 0) is 0 Å². The average molecular weight is 145 g/mol. The zero-order chi connectivity index (χ0) is 8.36. The second-order valence-electron chi connectivity index (χ2n) is 3.92. The van der Waals surface area contributed by atoms with Gasteiger partial charge in [-0.2, -0.15) is 0 Å². The summed E-state index contributed by atoms with van der Waals surface area (Å²) in [7, 11) is 0. The Labute approximate surface area is 63.4 Å². The number of nitrogens with two attached hydrogens (primary N) is 1. The van der Waals surface area contributed by atoms with Gasteiger partial charge in [-0.3, -0.25) is 0 Å². The first-order valence-electron chi connectivity index (χ1n) is 3.81. The van der Waals surface area contributed by atoms with Crippen molar-refractivity contribution in [2.75, 3.05) is 0 Å². The molecule has 0 spiro atoms. The Kier molecular flexibility index (Phi) is 3.33. The summed E-state index contributed by atoms with van der Waals surface area (Å²) < 4.78 is 0. The van der Waals surface area contributed by atoms with Gasteiger partial charge in [0.1, 0.15) is 0 Å². The minimum atomic E-state index is -0.621. The zero-order valence-corrected chi connectivity index (χ0v) is 7.39. The maximum atomic E-state index is 9.36. The Balaban J connectivity index is 3.68. The Hall–Kier alpha value is -0.0800. The molecule has 0 unspecified atom stereocenters. The number of hydrogen-bond donors (Lipinski definition) is 2. The van der Waals surface area contributed by atoms with E-state index in [1.807, 2.05) is 0 Å². The van der Waals surface area contributed by atoms with E-state index in [0.717, 1.165) is 0 Å². The molecule has 0 saturated carbocycles. The Morgan fingerprint density at radius 3 is 1.90 bits per heavy atom. The van der Waals surface area contributed by atoms with Gasteiger partial charge in [0.05, 0.1) is 5.60 Å². The van der Waals surface area contributed by atoms with Crippen molar-refractivity contribution in [3.05, 3.63) is 0 Å². The second kappa shape index (κ2) is 3.35. The van der Waals surface area contributed by atoms with Crippen LogP contribution in [0.5, 0.6) is 0 Å². The third-order valence-electron chi connectivity index (χ3n) is 1.59. The van der Waals surface area contributed by atoms with E-state index in [1.54, 1.807) is 13.8 Å². The summed E-state index contributed by atoms with van der Waals surface area (Å²) in [6.45, 7) is 7.71. The van der Waals surface area contributed by atoms with Gasteiger partial charge in [-0.1, -0.05) is 13.8 Å². The summed E-state index contributed by atoms with van der Waals surface area (Å²) in [6.07, 6.45) is 0.671. The fourth-order valence-electron chi connectivity index (χ4n) is 0.813. The van der Waals surface area contributed by atoms with E-state index >= 15 is 0 Å². The monoisotopic (exact) mass is 145 g/mol. The van der Waals surface area contributed by atoms with Gasteiger partial charge < -0.3 is 10.8 Å². The highest BCUT2D eigenvalue weighted by molar-refractivity contribution is 4.75. The van der Waals surface area contributed by atoms with Crippen molar-refractivity contribution in [3.63, 3.8) is 0 Å². The molecule has 0 saturated heterocycles. The molecule has 0 aromatic carbocycles. The molecule has 0 aromatic heterocycles. The minimum absolute atomic E-state index is 0.111. The Bertz CT molecular complexity index is 93.9. The van der Waals surface area contributed by atoms with Crippen molar-refractivity contribution in [2.24, 2.45) is 11.7 Å². The predicted octanol–water partition coefficient (Wildman–Crippen LogP) is 1.13. The van der Waals surface area contributed by atoms with Crippen LogP contribution in [0.15, 0.2) is 0 Å². The summed E-state index contributed by atoms with van der Waals surface area (Å²) in [6, 6.07) is 0.111. The molecule has 1 atom stereocenters. The van der Waals surface area contributed by atoms with Crippen molar-refractivity contribution >= 4 is 0 Å². The molecule has 0 bridgehead atoms. The first-order valence-corrected chi connectivity index (χ1v) is 3.81. The van der Waals surface area contributed by atoms with Gasteiger partial charge in [0.2, 0.25) is 0 Å². The lowest BCUT2D eigenvalue weighted by Gasteiger charge is -2.24. The van der Waals surface area contributed by atoms with E-state index in [1.165, 1.54) is 0 Å². The molecule has 0 fully saturated rings. The Morgan fingerprint density at radius 1 is 1.40 bits per heavy atom. The van der Waals surface area contributed by atoms with Crippen LogP contribution in [0.1, 0.15) is 34.1 Å². The minimum Gasteiger partial charge on any atom is -0.390 e. The van der Waals surface area contributed by atoms with Crippen LogP contribution in [-0.4, -0.2) is 16.7 Å². The van der Waals surface area contributed by atoms with E-state index in [9.17, 15) is 5.11 Å². The highest BCUT2D eigenvalue weighted by Gasteiger charge is 2.19. The normalized spacial score (nSPS) is 15.9. The maximum absolute atomic E-state index is 9.36. The highest BCUT2D eigenvalue weighted by Crippen LogP contribution is 2.13. The van der Waals surface area contributed by atoms with Crippen LogP contribution in [0.3, 0.4) is 0 Å².